The van der Waals surface area contributed by atoms with Gasteiger partial charge in [-0.15, -0.1) is 13.2 Å². The first-order valence-corrected chi connectivity index (χ1v) is 9.01. The Morgan fingerprint density at radius 1 is 1.00 bits per heavy atom. The van der Waals surface area contributed by atoms with Crippen LogP contribution in [0.2, 0.25) is 0 Å². The molecule has 4 rings (SSSR count). The predicted octanol–water partition coefficient (Wildman–Crippen LogP) is 6.64. The summed E-state index contributed by atoms with van der Waals surface area (Å²) in [6.07, 6.45) is -2.84. The highest BCUT2D eigenvalue weighted by Gasteiger charge is 2.31. The third kappa shape index (κ3) is 3.55. The minimum absolute atomic E-state index is 0.287. The molecule has 1 aromatic heterocycles. The van der Waals surface area contributed by atoms with E-state index in [0.717, 1.165) is 27.6 Å². The number of ether oxygens (including phenoxy) is 1. The first-order chi connectivity index (χ1) is 14.3. The number of alkyl halides is 3. The van der Waals surface area contributed by atoms with Crippen molar-refractivity contribution in [2.45, 2.75) is 13.3 Å². The van der Waals surface area contributed by atoms with Gasteiger partial charge in [-0.1, -0.05) is 18.2 Å². The van der Waals surface area contributed by atoms with E-state index in [9.17, 15) is 13.2 Å². The molecule has 30 heavy (non-hydrogen) atoms. The number of hydrogen-bond acceptors (Lipinski definition) is 2. The molecule has 0 aliphatic rings. The number of halogens is 3. The van der Waals surface area contributed by atoms with Gasteiger partial charge in [-0.2, -0.15) is 0 Å². The number of nitrogens with two attached hydrogens (primary N) is 1. The maximum atomic E-state index is 12.4. The lowest BCUT2D eigenvalue weighted by atomic mass is 9.99. The number of benzene rings is 3. The number of aromatic nitrogens is 1. The summed E-state index contributed by atoms with van der Waals surface area (Å²) in [5.41, 5.74) is 11.5. The van der Waals surface area contributed by atoms with Crippen LogP contribution >= 0.6 is 0 Å². The van der Waals surface area contributed by atoms with Crippen molar-refractivity contribution in [3.8, 4) is 22.6 Å². The van der Waals surface area contributed by atoms with E-state index in [0.29, 0.717) is 17.1 Å². The quantitative estimate of drug-likeness (QED) is 0.306. The number of hydrogen-bond donors (Lipinski definition) is 1. The molecule has 4 aromatic rings. The largest absolute Gasteiger partial charge is 0.573 e. The van der Waals surface area contributed by atoms with Gasteiger partial charge in [0.1, 0.15) is 5.75 Å². The Bertz CT molecular complexity index is 1280. The van der Waals surface area contributed by atoms with Crippen molar-refractivity contribution in [3.63, 3.8) is 0 Å². The van der Waals surface area contributed by atoms with Crippen LogP contribution in [0, 0.1) is 13.5 Å². The lowest BCUT2D eigenvalue weighted by molar-refractivity contribution is -0.274. The highest BCUT2D eigenvalue weighted by molar-refractivity contribution is 6.00. The third-order valence-corrected chi connectivity index (χ3v) is 4.93. The second-order valence-corrected chi connectivity index (χ2v) is 6.79. The maximum Gasteiger partial charge on any atom is 0.573 e. The Balaban J connectivity index is 1.89. The monoisotopic (exact) mass is 407 g/mol. The van der Waals surface area contributed by atoms with Gasteiger partial charge in [0, 0.05) is 23.1 Å². The van der Waals surface area contributed by atoms with Crippen molar-refractivity contribution >= 4 is 22.3 Å². The first kappa shape index (κ1) is 19.4. The molecule has 0 radical (unpaired) electrons. The van der Waals surface area contributed by atoms with Crippen molar-refractivity contribution in [2.24, 2.45) is 0 Å². The summed E-state index contributed by atoms with van der Waals surface area (Å²) in [6.45, 7) is 9.26. The Kier molecular flexibility index (Phi) is 4.63. The standard InChI is InChI=1S/C23H16F3N3O/c1-14-18(4-3-5-21(14)27)20-13-29(22-11-6-15(28-2)12-19(20)22)16-7-9-17(10-8-16)30-23(24,25)26/h3-13H,27H2,1H3. The zero-order chi connectivity index (χ0) is 21.5. The molecular weight excluding hydrogens is 391 g/mol. The van der Waals surface area contributed by atoms with E-state index in [4.69, 9.17) is 12.3 Å². The van der Waals surface area contributed by atoms with E-state index in [1.54, 1.807) is 24.3 Å². The fraction of sp³-hybridized carbons (Fsp3) is 0.0870. The van der Waals surface area contributed by atoms with Crippen molar-refractivity contribution in [3.05, 3.63) is 83.8 Å². The number of fused-ring (bicyclic) bond motifs is 1. The van der Waals surface area contributed by atoms with E-state index in [1.165, 1.54) is 12.1 Å². The van der Waals surface area contributed by atoms with Crippen LogP contribution in [-0.4, -0.2) is 10.9 Å². The van der Waals surface area contributed by atoms with Crippen LogP contribution in [0.1, 0.15) is 5.56 Å². The van der Waals surface area contributed by atoms with Crippen molar-refractivity contribution in [1.29, 1.82) is 0 Å². The molecule has 3 aromatic carbocycles. The summed E-state index contributed by atoms with van der Waals surface area (Å²) in [7, 11) is 0. The minimum atomic E-state index is -4.74. The Morgan fingerprint density at radius 2 is 1.73 bits per heavy atom. The minimum Gasteiger partial charge on any atom is -0.406 e. The fourth-order valence-corrected chi connectivity index (χ4v) is 3.47. The second kappa shape index (κ2) is 7.16. The zero-order valence-electron chi connectivity index (χ0n) is 15.9. The van der Waals surface area contributed by atoms with E-state index in [-0.39, 0.29) is 5.75 Å². The van der Waals surface area contributed by atoms with Crippen molar-refractivity contribution < 1.29 is 17.9 Å². The SMILES string of the molecule is [C-]#[N+]c1ccc2c(c1)c(-c1cccc(N)c1C)cn2-c1ccc(OC(F)(F)F)cc1. The number of anilines is 1. The van der Waals surface area contributed by atoms with E-state index in [1.807, 2.05) is 42.0 Å². The summed E-state index contributed by atoms with van der Waals surface area (Å²) in [5.74, 6) is -0.287. The smallest absolute Gasteiger partial charge is 0.406 e. The highest BCUT2D eigenvalue weighted by Crippen LogP contribution is 2.38. The molecule has 2 N–H and O–H groups in total. The van der Waals surface area contributed by atoms with Crippen LogP contribution in [0.3, 0.4) is 0 Å². The molecule has 0 unspecified atom stereocenters. The molecule has 0 spiro atoms. The molecule has 0 amide bonds. The second-order valence-electron chi connectivity index (χ2n) is 6.79. The lowest BCUT2D eigenvalue weighted by Crippen LogP contribution is -2.17. The summed E-state index contributed by atoms with van der Waals surface area (Å²) in [4.78, 5) is 3.52. The van der Waals surface area contributed by atoms with Crippen molar-refractivity contribution in [2.75, 3.05) is 5.73 Å². The topological polar surface area (TPSA) is 44.5 Å². The average Bonchev–Trinajstić information content (AvgIpc) is 3.08. The number of nitrogens with zero attached hydrogens (tertiary/aromatic N) is 2. The maximum absolute atomic E-state index is 12.4. The molecule has 7 heteroatoms. The van der Waals surface area contributed by atoms with E-state index in [2.05, 4.69) is 9.58 Å². The van der Waals surface area contributed by atoms with Crippen LogP contribution < -0.4 is 10.5 Å². The fourth-order valence-electron chi connectivity index (χ4n) is 3.47. The molecule has 0 saturated carbocycles. The van der Waals surface area contributed by atoms with Gasteiger partial charge in [-0.3, -0.25) is 0 Å². The van der Waals surface area contributed by atoms with Crippen LogP contribution in [-0.2, 0) is 0 Å². The Labute approximate surface area is 170 Å². The van der Waals surface area contributed by atoms with Crippen LogP contribution in [0.4, 0.5) is 24.5 Å². The van der Waals surface area contributed by atoms with Gasteiger partial charge in [0.2, 0.25) is 0 Å². The summed E-state index contributed by atoms with van der Waals surface area (Å²) in [6, 6.07) is 16.6. The van der Waals surface area contributed by atoms with Gasteiger partial charge in [0.15, 0.2) is 5.69 Å². The van der Waals surface area contributed by atoms with Crippen LogP contribution in [0.5, 0.6) is 5.75 Å². The van der Waals surface area contributed by atoms with Gasteiger partial charge >= 0.3 is 6.36 Å². The van der Waals surface area contributed by atoms with Gasteiger partial charge in [0.05, 0.1) is 12.1 Å². The van der Waals surface area contributed by atoms with E-state index < -0.39 is 6.36 Å². The van der Waals surface area contributed by atoms with Gasteiger partial charge < -0.3 is 15.0 Å². The van der Waals surface area contributed by atoms with Crippen molar-refractivity contribution in [1.82, 2.24) is 4.57 Å². The average molecular weight is 407 g/mol. The van der Waals surface area contributed by atoms with E-state index >= 15 is 0 Å². The Morgan fingerprint density at radius 3 is 2.40 bits per heavy atom. The summed E-state index contributed by atoms with van der Waals surface area (Å²) in [5, 5.41) is 0.854. The Hall–Kier alpha value is -3.92. The summed E-state index contributed by atoms with van der Waals surface area (Å²) >= 11 is 0. The molecule has 0 aliphatic carbocycles. The molecule has 0 fully saturated rings. The third-order valence-electron chi connectivity index (χ3n) is 4.93. The summed E-state index contributed by atoms with van der Waals surface area (Å²) < 4.78 is 43.2. The molecule has 150 valence electrons. The molecule has 1 heterocycles. The predicted molar refractivity (Wildman–Crippen MR) is 111 cm³/mol. The zero-order valence-corrected chi connectivity index (χ0v) is 15.9. The highest BCUT2D eigenvalue weighted by atomic mass is 19.4. The van der Waals surface area contributed by atoms with Crippen LogP contribution in [0.25, 0.3) is 32.6 Å². The molecule has 4 nitrogen and oxygen atoms in total. The molecular formula is C23H16F3N3O. The van der Waals surface area contributed by atoms with Gasteiger partial charge in [-0.25, -0.2) is 4.85 Å². The molecule has 0 bridgehead atoms. The van der Waals surface area contributed by atoms with Gasteiger partial charge in [-0.05, 0) is 65.9 Å². The molecule has 0 saturated heterocycles. The lowest BCUT2D eigenvalue weighted by Gasteiger charge is -2.10. The van der Waals surface area contributed by atoms with Crippen LogP contribution in [0.15, 0.2) is 66.9 Å². The number of rotatable bonds is 3. The molecule has 0 aliphatic heterocycles. The normalized spacial score (nSPS) is 11.4. The molecule has 0 atom stereocenters. The van der Waals surface area contributed by atoms with Gasteiger partial charge in [0.25, 0.3) is 0 Å². The first-order valence-electron chi connectivity index (χ1n) is 9.01. The number of nitrogen functional groups attached to an aromatic ring is 1.